The summed E-state index contributed by atoms with van der Waals surface area (Å²) in [4.78, 5) is 25.4. The van der Waals surface area contributed by atoms with Crippen molar-refractivity contribution in [2.24, 2.45) is 0 Å². The molecule has 21 heavy (non-hydrogen) atoms. The van der Waals surface area contributed by atoms with E-state index < -0.39 is 5.97 Å². The van der Waals surface area contributed by atoms with Crippen LogP contribution in [0.15, 0.2) is 24.3 Å². The zero-order valence-corrected chi connectivity index (χ0v) is 11.7. The monoisotopic (exact) mass is 287 g/mol. The minimum Gasteiger partial charge on any atom is -0.480 e. The number of nitrogens with zero attached hydrogens (tertiary/aromatic N) is 3. The summed E-state index contributed by atoms with van der Waals surface area (Å²) in [6, 6.07) is 7.26. The Morgan fingerprint density at radius 3 is 2.57 bits per heavy atom. The lowest BCUT2D eigenvalue weighted by Gasteiger charge is -2.25. The predicted molar refractivity (Wildman–Crippen MR) is 77.1 cm³/mol. The van der Waals surface area contributed by atoms with E-state index in [2.05, 4.69) is 5.10 Å². The summed E-state index contributed by atoms with van der Waals surface area (Å²) < 4.78 is 1.38. The van der Waals surface area contributed by atoms with Crippen LogP contribution in [0.3, 0.4) is 0 Å². The van der Waals surface area contributed by atoms with Crippen molar-refractivity contribution < 1.29 is 14.7 Å². The molecule has 110 valence electrons. The van der Waals surface area contributed by atoms with Gasteiger partial charge in [-0.3, -0.25) is 14.3 Å². The molecular weight excluding hydrogens is 270 g/mol. The number of hydrogen-bond donors (Lipinski definition) is 1. The van der Waals surface area contributed by atoms with Crippen LogP contribution < -0.4 is 0 Å². The summed E-state index contributed by atoms with van der Waals surface area (Å²) in [6.45, 7) is 1.26. The van der Waals surface area contributed by atoms with E-state index in [-0.39, 0.29) is 12.5 Å². The Morgan fingerprint density at radius 2 is 1.86 bits per heavy atom. The van der Waals surface area contributed by atoms with Gasteiger partial charge in [0.25, 0.3) is 5.91 Å². The third-order valence-corrected chi connectivity index (χ3v) is 3.79. The van der Waals surface area contributed by atoms with Gasteiger partial charge in [0.15, 0.2) is 5.69 Å². The summed E-state index contributed by atoms with van der Waals surface area (Å²) in [5, 5.41) is 13.9. The normalized spacial score (nSPS) is 15.3. The number of carbonyl (C=O) groups excluding carboxylic acids is 1. The quantitative estimate of drug-likeness (QED) is 0.933. The van der Waals surface area contributed by atoms with Gasteiger partial charge in [0.05, 0.1) is 5.52 Å². The van der Waals surface area contributed by atoms with Gasteiger partial charge >= 0.3 is 5.97 Å². The van der Waals surface area contributed by atoms with E-state index >= 15 is 0 Å². The number of amides is 1. The second kappa shape index (κ2) is 5.55. The van der Waals surface area contributed by atoms with Gasteiger partial charge in [-0.05, 0) is 25.3 Å². The number of aliphatic carboxylic acids is 1. The van der Waals surface area contributed by atoms with Crippen LogP contribution in [0.5, 0.6) is 0 Å². The van der Waals surface area contributed by atoms with Crippen LogP contribution in [0.2, 0.25) is 0 Å². The molecule has 1 amide bonds. The molecule has 3 rings (SSSR count). The van der Waals surface area contributed by atoms with Crippen LogP contribution in [0.1, 0.15) is 29.8 Å². The van der Waals surface area contributed by atoms with Crippen molar-refractivity contribution in [3.63, 3.8) is 0 Å². The van der Waals surface area contributed by atoms with Gasteiger partial charge in [-0.1, -0.05) is 18.2 Å². The zero-order valence-electron chi connectivity index (χ0n) is 11.7. The predicted octanol–water partition coefficient (Wildman–Crippen LogP) is 1.75. The fourth-order valence-corrected chi connectivity index (χ4v) is 2.78. The van der Waals surface area contributed by atoms with Crippen LogP contribution in [0.4, 0.5) is 0 Å². The van der Waals surface area contributed by atoms with Gasteiger partial charge in [-0.2, -0.15) is 5.10 Å². The molecule has 0 aliphatic carbocycles. The van der Waals surface area contributed by atoms with Crippen molar-refractivity contribution in [3.05, 3.63) is 30.0 Å². The molecule has 1 fully saturated rings. The van der Waals surface area contributed by atoms with E-state index in [1.807, 2.05) is 23.1 Å². The average Bonchev–Trinajstić information content (AvgIpc) is 2.86. The third kappa shape index (κ3) is 2.61. The highest BCUT2D eigenvalue weighted by atomic mass is 16.4. The summed E-state index contributed by atoms with van der Waals surface area (Å²) in [5.74, 6) is -1.07. The molecule has 1 aromatic carbocycles. The minimum atomic E-state index is -0.972. The molecule has 2 heterocycles. The number of para-hydroxylation sites is 1. The highest BCUT2D eigenvalue weighted by Crippen LogP contribution is 2.21. The lowest BCUT2D eigenvalue weighted by Crippen LogP contribution is -2.36. The van der Waals surface area contributed by atoms with Gasteiger partial charge in [-0.15, -0.1) is 0 Å². The SMILES string of the molecule is O=C(O)Cn1nc(C(=O)N2CCCCC2)c2ccccc21. The zero-order chi connectivity index (χ0) is 14.8. The first-order chi connectivity index (χ1) is 10.2. The number of fused-ring (bicyclic) bond motifs is 1. The van der Waals surface area contributed by atoms with Gasteiger partial charge in [0.2, 0.25) is 0 Å². The molecule has 0 atom stereocenters. The Hall–Kier alpha value is -2.37. The van der Waals surface area contributed by atoms with E-state index in [9.17, 15) is 9.59 Å². The molecule has 6 heteroatoms. The Balaban J connectivity index is 2.01. The second-order valence-corrected chi connectivity index (χ2v) is 5.27. The van der Waals surface area contributed by atoms with Gasteiger partial charge < -0.3 is 10.0 Å². The number of hydrogen-bond acceptors (Lipinski definition) is 3. The highest BCUT2D eigenvalue weighted by molar-refractivity contribution is 6.05. The van der Waals surface area contributed by atoms with Crippen LogP contribution >= 0.6 is 0 Å². The molecule has 1 saturated heterocycles. The molecule has 0 spiro atoms. The van der Waals surface area contributed by atoms with Crippen molar-refractivity contribution in [2.45, 2.75) is 25.8 Å². The number of benzene rings is 1. The van der Waals surface area contributed by atoms with E-state index in [4.69, 9.17) is 5.11 Å². The molecule has 1 aromatic heterocycles. The molecule has 1 aliphatic rings. The number of carboxylic acids is 1. The standard InChI is InChI=1S/C15H17N3O3/c19-13(20)10-18-12-7-3-2-6-11(12)14(16-18)15(21)17-8-4-1-5-9-17/h2-3,6-7H,1,4-5,8-10H2,(H,19,20). The number of likely N-dealkylation sites (tertiary alicyclic amines) is 1. The first-order valence-electron chi connectivity index (χ1n) is 7.13. The molecule has 0 radical (unpaired) electrons. The van der Waals surface area contributed by atoms with E-state index in [1.54, 1.807) is 6.07 Å². The number of aromatic nitrogens is 2. The molecule has 0 bridgehead atoms. The van der Waals surface area contributed by atoms with Crippen LogP contribution in [-0.2, 0) is 11.3 Å². The summed E-state index contributed by atoms with van der Waals surface area (Å²) in [7, 11) is 0. The molecule has 6 nitrogen and oxygen atoms in total. The Kier molecular flexibility index (Phi) is 3.60. The molecule has 0 saturated carbocycles. The number of rotatable bonds is 3. The summed E-state index contributed by atoms with van der Waals surface area (Å²) in [5.41, 5.74) is 1.04. The van der Waals surface area contributed by atoms with Crippen molar-refractivity contribution in [2.75, 3.05) is 13.1 Å². The maximum absolute atomic E-state index is 12.6. The fraction of sp³-hybridized carbons (Fsp3) is 0.400. The van der Waals surface area contributed by atoms with Crippen molar-refractivity contribution in [3.8, 4) is 0 Å². The Labute approximate surface area is 122 Å². The van der Waals surface area contributed by atoms with Crippen LogP contribution in [0, 0.1) is 0 Å². The first kappa shape index (κ1) is 13.6. The minimum absolute atomic E-state index is 0.102. The summed E-state index contributed by atoms with van der Waals surface area (Å²) >= 11 is 0. The number of piperidine rings is 1. The smallest absolute Gasteiger partial charge is 0.325 e. The van der Waals surface area contributed by atoms with Crippen molar-refractivity contribution in [1.29, 1.82) is 0 Å². The highest BCUT2D eigenvalue weighted by Gasteiger charge is 2.24. The van der Waals surface area contributed by atoms with E-state index in [1.165, 1.54) is 4.68 Å². The largest absolute Gasteiger partial charge is 0.480 e. The molecule has 0 unspecified atom stereocenters. The van der Waals surface area contributed by atoms with Gasteiger partial charge in [0, 0.05) is 18.5 Å². The molecule has 2 aromatic rings. The second-order valence-electron chi connectivity index (χ2n) is 5.27. The first-order valence-corrected chi connectivity index (χ1v) is 7.13. The van der Waals surface area contributed by atoms with E-state index in [0.29, 0.717) is 16.6 Å². The maximum atomic E-state index is 12.6. The third-order valence-electron chi connectivity index (χ3n) is 3.79. The topological polar surface area (TPSA) is 75.4 Å². The van der Waals surface area contributed by atoms with Gasteiger partial charge in [0.1, 0.15) is 6.54 Å². The lowest BCUT2D eigenvalue weighted by molar-refractivity contribution is -0.137. The Morgan fingerprint density at radius 1 is 1.14 bits per heavy atom. The number of carboxylic acid groups (broad SMARTS) is 1. The average molecular weight is 287 g/mol. The fourth-order valence-electron chi connectivity index (χ4n) is 2.78. The lowest BCUT2D eigenvalue weighted by atomic mass is 10.1. The van der Waals surface area contributed by atoms with E-state index in [0.717, 1.165) is 32.4 Å². The molecular formula is C15H17N3O3. The molecule has 1 N–H and O–H groups in total. The van der Waals surface area contributed by atoms with Crippen LogP contribution in [-0.4, -0.2) is 44.8 Å². The Bertz CT molecular complexity index is 687. The maximum Gasteiger partial charge on any atom is 0.325 e. The van der Waals surface area contributed by atoms with Gasteiger partial charge in [-0.25, -0.2) is 0 Å². The summed E-state index contributed by atoms with van der Waals surface area (Å²) in [6.07, 6.45) is 3.18. The van der Waals surface area contributed by atoms with Crippen LogP contribution in [0.25, 0.3) is 10.9 Å². The molecule has 1 aliphatic heterocycles. The van der Waals surface area contributed by atoms with Crippen molar-refractivity contribution in [1.82, 2.24) is 14.7 Å². The number of carbonyl (C=O) groups is 2. The van der Waals surface area contributed by atoms with Crippen molar-refractivity contribution >= 4 is 22.8 Å².